The van der Waals surface area contributed by atoms with E-state index in [4.69, 9.17) is 9.47 Å². The van der Waals surface area contributed by atoms with Crippen molar-refractivity contribution < 1.29 is 19.1 Å². The maximum absolute atomic E-state index is 12.3. The van der Waals surface area contributed by atoms with E-state index in [1.807, 2.05) is 0 Å². The highest BCUT2D eigenvalue weighted by molar-refractivity contribution is 5.75. The number of esters is 2. The first kappa shape index (κ1) is 27.0. The van der Waals surface area contributed by atoms with E-state index in [-0.39, 0.29) is 23.8 Å². The lowest BCUT2D eigenvalue weighted by molar-refractivity contribution is -0.155. The van der Waals surface area contributed by atoms with Crippen LogP contribution in [0.5, 0.6) is 0 Å². The fraction of sp³-hybridized carbons (Fsp3) is 0.923. The highest BCUT2D eigenvalue weighted by Gasteiger charge is 2.31. The Balaban J connectivity index is 2.00. The molecule has 1 saturated carbocycles. The van der Waals surface area contributed by atoms with Gasteiger partial charge in [-0.25, -0.2) is 0 Å². The molecule has 0 aromatic heterocycles. The molecule has 0 aliphatic heterocycles. The minimum atomic E-state index is -0.0743. The Kier molecular flexibility index (Phi) is 14.9. The summed E-state index contributed by atoms with van der Waals surface area (Å²) in [7, 11) is 0. The summed E-state index contributed by atoms with van der Waals surface area (Å²) in [4.78, 5) is 24.4. The van der Waals surface area contributed by atoms with Gasteiger partial charge in [0.05, 0.1) is 25.0 Å². The molecule has 0 unspecified atom stereocenters. The van der Waals surface area contributed by atoms with Crippen molar-refractivity contribution in [1.29, 1.82) is 0 Å². The minimum absolute atomic E-state index is 0.0315. The molecular formula is C26H48O4. The van der Waals surface area contributed by atoms with Gasteiger partial charge in [-0.2, -0.15) is 0 Å². The average molecular weight is 425 g/mol. The van der Waals surface area contributed by atoms with Crippen molar-refractivity contribution in [3.63, 3.8) is 0 Å². The van der Waals surface area contributed by atoms with Crippen molar-refractivity contribution in [2.75, 3.05) is 13.2 Å². The number of unbranched alkanes of at least 4 members (excludes halogenated alkanes) is 6. The Morgan fingerprint density at radius 3 is 1.43 bits per heavy atom. The van der Waals surface area contributed by atoms with Crippen molar-refractivity contribution in [2.24, 2.45) is 23.7 Å². The van der Waals surface area contributed by atoms with Crippen LogP contribution in [0.1, 0.15) is 118 Å². The lowest BCUT2D eigenvalue weighted by Crippen LogP contribution is -2.28. The molecule has 1 rings (SSSR count). The molecule has 1 aliphatic rings. The maximum Gasteiger partial charge on any atom is 0.308 e. The van der Waals surface area contributed by atoms with Gasteiger partial charge in [-0.3, -0.25) is 9.59 Å². The number of hydrogen-bond acceptors (Lipinski definition) is 4. The average Bonchev–Trinajstić information content (AvgIpc) is 2.72. The summed E-state index contributed by atoms with van der Waals surface area (Å²) in [5, 5.41) is 0. The molecule has 0 spiro atoms. The second-order valence-electron chi connectivity index (χ2n) is 10.1. The van der Waals surface area contributed by atoms with Crippen LogP contribution in [0.25, 0.3) is 0 Å². The van der Waals surface area contributed by atoms with Gasteiger partial charge in [0.25, 0.3) is 0 Å². The van der Waals surface area contributed by atoms with Gasteiger partial charge in [0.2, 0.25) is 0 Å². The fourth-order valence-corrected chi connectivity index (χ4v) is 4.18. The Morgan fingerprint density at radius 1 is 0.600 bits per heavy atom. The number of carbonyl (C=O) groups excluding carboxylic acids is 2. The van der Waals surface area contributed by atoms with Gasteiger partial charge in [-0.05, 0) is 56.8 Å². The van der Waals surface area contributed by atoms with Gasteiger partial charge in [-0.15, -0.1) is 0 Å². The third-order valence-corrected chi connectivity index (χ3v) is 6.23. The maximum atomic E-state index is 12.3. The summed E-state index contributed by atoms with van der Waals surface area (Å²) in [6.07, 6.45) is 15.0. The highest BCUT2D eigenvalue weighted by atomic mass is 16.5. The smallest absolute Gasteiger partial charge is 0.308 e. The summed E-state index contributed by atoms with van der Waals surface area (Å²) in [6.45, 7) is 10.0. The van der Waals surface area contributed by atoms with Gasteiger partial charge >= 0.3 is 11.9 Å². The van der Waals surface area contributed by atoms with E-state index in [0.29, 0.717) is 19.1 Å². The molecule has 1 aliphatic carbocycles. The molecule has 4 heteroatoms. The first-order valence-electron chi connectivity index (χ1n) is 12.7. The molecule has 1 fully saturated rings. The molecule has 0 saturated heterocycles. The van der Waals surface area contributed by atoms with E-state index >= 15 is 0 Å². The Morgan fingerprint density at radius 2 is 0.967 bits per heavy atom. The molecular weight excluding hydrogens is 376 g/mol. The molecule has 30 heavy (non-hydrogen) atoms. The van der Waals surface area contributed by atoms with E-state index in [1.165, 1.54) is 38.5 Å². The molecule has 176 valence electrons. The van der Waals surface area contributed by atoms with E-state index in [2.05, 4.69) is 27.7 Å². The van der Waals surface area contributed by atoms with Gasteiger partial charge in [0.15, 0.2) is 0 Å². The van der Waals surface area contributed by atoms with E-state index in [9.17, 15) is 9.59 Å². The lowest BCUT2D eigenvalue weighted by Gasteiger charge is -2.26. The molecule has 0 heterocycles. The van der Waals surface area contributed by atoms with Crippen LogP contribution in [-0.4, -0.2) is 25.2 Å². The van der Waals surface area contributed by atoms with Crippen LogP contribution in [0.2, 0.25) is 0 Å². The summed E-state index contributed by atoms with van der Waals surface area (Å²) in [5.41, 5.74) is 0. The highest BCUT2D eigenvalue weighted by Crippen LogP contribution is 2.30. The van der Waals surface area contributed by atoms with Crippen molar-refractivity contribution in [1.82, 2.24) is 0 Å². The first-order valence-corrected chi connectivity index (χ1v) is 12.7. The second-order valence-corrected chi connectivity index (χ2v) is 10.1. The van der Waals surface area contributed by atoms with Crippen LogP contribution in [0, 0.1) is 23.7 Å². The fourth-order valence-electron chi connectivity index (χ4n) is 4.18. The molecule has 0 bridgehead atoms. The molecule has 0 atom stereocenters. The molecule has 4 nitrogen and oxygen atoms in total. The molecule has 0 aromatic rings. The Hall–Kier alpha value is -1.06. The summed E-state index contributed by atoms with van der Waals surface area (Å²) < 4.78 is 10.9. The normalized spacial score (nSPS) is 19.3. The molecule has 0 aromatic carbocycles. The zero-order valence-corrected chi connectivity index (χ0v) is 20.3. The second kappa shape index (κ2) is 16.6. The summed E-state index contributed by atoms with van der Waals surface area (Å²) >= 11 is 0. The van der Waals surface area contributed by atoms with Gasteiger partial charge in [0, 0.05) is 0 Å². The van der Waals surface area contributed by atoms with Crippen molar-refractivity contribution in [2.45, 2.75) is 118 Å². The molecule has 0 N–H and O–H groups in total. The van der Waals surface area contributed by atoms with Gasteiger partial charge in [0.1, 0.15) is 0 Å². The number of rotatable bonds is 16. The summed E-state index contributed by atoms with van der Waals surface area (Å²) in [5.74, 6) is 1.26. The predicted molar refractivity (Wildman–Crippen MR) is 123 cm³/mol. The molecule has 0 amide bonds. The van der Waals surface area contributed by atoms with Gasteiger partial charge in [-0.1, -0.05) is 72.6 Å². The third kappa shape index (κ3) is 13.3. The standard InChI is InChI=1S/C26H48O4/c1-21(2)13-10-8-6-5-7-9-11-19-29-25(27)23-15-17-24(18-16-23)26(28)30-20-12-14-22(3)4/h21-24H,5-20H2,1-4H3. The van der Waals surface area contributed by atoms with E-state index in [0.717, 1.165) is 57.3 Å². The number of ether oxygens (including phenoxy) is 2. The quantitative estimate of drug-likeness (QED) is 0.196. The van der Waals surface area contributed by atoms with Crippen molar-refractivity contribution in [3.05, 3.63) is 0 Å². The third-order valence-electron chi connectivity index (χ3n) is 6.23. The topological polar surface area (TPSA) is 52.6 Å². The van der Waals surface area contributed by atoms with Crippen molar-refractivity contribution in [3.8, 4) is 0 Å². The first-order chi connectivity index (χ1) is 14.4. The van der Waals surface area contributed by atoms with E-state index < -0.39 is 0 Å². The lowest BCUT2D eigenvalue weighted by atomic mass is 9.82. The predicted octanol–water partition coefficient (Wildman–Crippen LogP) is 7.09. The monoisotopic (exact) mass is 424 g/mol. The van der Waals surface area contributed by atoms with Crippen LogP contribution in [0.3, 0.4) is 0 Å². The Labute approximate surface area is 185 Å². The molecule has 0 radical (unpaired) electrons. The Bertz CT molecular complexity index is 450. The number of carbonyl (C=O) groups is 2. The number of hydrogen-bond donors (Lipinski definition) is 0. The van der Waals surface area contributed by atoms with Crippen LogP contribution in [0.4, 0.5) is 0 Å². The van der Waals surface area contributed by atoms with E-state index in [1.54, 1.807) is 0 Å². The van der Waals surface area contributed by atoms with Crippen LogP contribution in [-0.2, 0) is 19.1 Å². The van der Waals surface area contributed by atoms with Crippen molar-refractivity contribution >= 4 is 11.9 Å². The largest absolute Gasteiger partial charge is 0.465 e. The zero-order valence-electron chi connectivity index (χ0n) is 20.3. The van der Waals surface area contributed by atoms with Crippen LogP contribution >= 0.6 is 0 Å². The zero-order chi connectivity index (χ0) is 22.2. The SMILES string of the molecule is CC(C)CCCCCCCCCOC(=O)C1CCC(C(=O)OCCCC(C)C)CC1. The van der Waals surface area contributed by atoms with Crippen LogP contribution < -0.4 is 0 Å². The summed E-state index contributed by atoms with van der Waals surface area (Å²) in [6, 6.07) is 0. The minimum Gasteiger partial charge on any atom is -0.465 e. The van der Waals surface area contributed by atoms with Crippen LogP contribution in [0.15, 0.2) is 0 Å². The van der Waals surface area contributed by atoms with Gasteiger partial charge < -0.3 is 9.47 Å².